The summed E-state index contributed by atoms with van der Waals surface area (Å²) in [6.07, 6.45) is 6.45. The normalized spacial score (nSPS) is 42.6. The lowest BCUT2D eigenvalue weighted by Crippen LogP contribution is -2.52. The number of fused-ring (bicyclic) bond motifs is 2. The lowest BCUT2D eigenvalue weighted by atomic mass is 9.59. The average Bonchev–Trinajstić information content (AvgIpc) is 2.70. The third kappa shape index (κ3) is 1.24. The summed E-state index contributed by atoms with van der Waals surface area (Å²) in [5, 5.41) is 9.38. The molecule has 92 valence electrons. The first kappa shape index (κ1) is 11.9. The summed E-state index contributed by atoms with van der Waals surface area (Å²) in [7, 11) is 0. The molecule has 4 heteroatoms. The molecule has 0 aromatic heterocycles. The second kappa shape index (κ2) is 3.45. The van der Waals surface area contributed by atoms with E-state index in [2.05, 4.69) is 6.58 Å². The molecule has 0 radical (unpaired) electrons. The Morgan fingerprint density at radius 2 is 2.29 bits per heavy atom. The van der Waals surface area contributed by atoms with Crippen LogP contribution in [0.2, 0.25) is 0 Å². The van der Waals surface area contributed by atoms with Gasteiger partial charge in [0.25, 0.3) is 0 Å². The number of hydrogen-bond acceptors (Lipinski definition) is 2. The predicted molar refractivity (Wildman–Crippen MR) is 62.9 cm³/mol. The van der Waals surface area contributed by atoms with E-state index in [-0.39, 0.29) is 5.92 Å². The highest BCUT2D eigenvalue weighted by molar-refractivity contribution is 5.90. The Bertz CT molecular complexity index is 428. The van der Waals surface area contributed by atoms with Crippen molar-refractivity contribution in [3.63, 3.8) is 0 Å². The first-order valence-electron chi connectivity index (χ1n) is 5.72. The number of amides is 1. The standard InChI is InChI=1S/C13H17NO3/c1-3-5-13(11(14)17)9(10(15)16)8-4-6-12(13,2)7-8/h3-4,6,8-9H,1,5,7H2,2H3,(H2,14,17)(H,15,16). The first-order chi connectivity index (χ1) is 7.89. The van der Waals surface area contributed by atoms with Crippen molar-refractivity contribution in [2.75, 3.05) is 0 Å². The monoisotopic (exact) mass is 235 g/mol. The highest BCUT2D eigenvalue weighted by atomic mass is 16.4. The first-order valence-corrected chi connectivity index (χ1v) is 5.72. The van der Waals surface area contributed by atoms with Crippen molar-refractivity contribution < 1.29 is 14.7 Å². The maximum absolute atomic E-state index is 11.9. The second-order valence-corrected chi connectivity index (χ2v) is 5.29. The number of allylic oxidation sites excluding steroid dienone is 3. The molecule has 1 saturated carbocycles. The number of rotatable bonds is 4. The molecular formula is C13H17NO3. The van der Waals surface area contributed by atoms with Gasteiger partial charge in [0.1, 0.15) is 0 Å². The molecule has 1 amide bonds. The number of nitrogens with two attached hydrogens (primary N) is 1. The van der Waals surface area contributed by atoms with Gasteiger partial charge in [-0.3, -0.25) is 9.59 Å². The van der Waals surface area contributed by atoms with E-state index in [1.807, 2.05) is 19.1 Å². The van der Waals surface area contributed by atoms with Crippen molar-refractivity contribution in [1.82, 2.24) is 0 Å². The molecule has 3 N–H and O–H groups in total. The van der Waals surface area contributed by atoms with Crippen LogP contribution in [0.15, 0.2) is 24.8 Å². The van der Waals surface area contributed by atoms with Crippen molar-refractivity contribution >= 4 is 11.9 Å². The van der Waals surface area contributed by atoms with E-state index in [4.69, 9.17) is 5.73 Å². The number of carbonyl (C=O) groups is 2. The number of carboxylic acids is 1. The van der Waals surface area contributed by atoms with Crippen LogP contribution >= 0.6 is 0 Å². The molecule has 4 atom stereocenters. The summed E-state index contributed by atoms with van der Waals surface area (Å²) in [6, 6.07) is 0. The zero-order valence-corrected chi connectivity index (χ0v) is 9.85. The molecule has 4 unspecified atom stereocenters. The highest BCUT2D eigenvalue weighted by Crippen LogP contribution is 2.65. The molecule has 0 aromatic rings. The van der Waals surface area contributed by atoms with E-state index in [0.29, 0.717) is 12.8 Å². The van der Waals surface area contributed by atoms with Crippen LogP contribution in [0.1, 0.15) is 19.8 Å². The lowest BCUT2D eigenvalue weighted by molar-refractivity contribution is -0.155. The quantitative estimate of drug-likeness (QED) is 0.721. The molecule has 1 fully saturated rings. The minimum Gasteiger partial charge on any atom is -0.481 e. The number of aliphatic carboxylic acids is 1. The fraction of sp³-hybridized carbons (Fsp3) is 0.538. The van der Waals surface area contributed by atoms with Crippen LogP contribution in [-0.4, -0.2) is 17.0 Å². The fourth-order valence-corrected chi connectivity index (χ4v) is 3.76. The Kier molecular flexibility index (Phi) is 2.42. The number of carbonyl (C=O) groups excluding carboxylic acids is 1. The van der Waals surface area contributed by atoms with E-state index >= 15 is 0 Å². The molecule has 0 saturated heterocycles. The zero-order chi connectivity index (χ0) is 12.8. The van der Waals surface area contributed by atoms with Crippen LogP contribution in [0.3, 0.4) is 0 Å². The van der Waals surface area contributed by atoms with E-state index in [9.17, 15) is 14.7 Å². The summed E-state index contributed by atoms with van der Waals surface area (Å²) >= 11 is 0. The molecule has 17 heavy (non-hydrogen) atoms. The Labute approximate surface area is 100 Å². The van der Waals surface area contributed by atoms with E-state index in [0.717, 1.165) is 0 Å². The van der Waals surface area contributed by atoms with Crippen LogP contribution in [0.25, 0.3) is 0 Å². The van der Waals surface area contributed by atoms with Crippen molar-refractivity contribution in [2.24, 2.45) is 28.4 Å². The number of carboxylic acid groups (broad SMARTS) is 1. The molecule has 2 aliphatic carbocycles. The van der Waals surface area contributed by atoms with Crippen LogP contribution in [0.4, 0.5) is 0 Å². The molecular weight excluding hydrogens is 218 g/mol. The molecule has 0 aromatic carbocycles. The van der Waals surface area contributed by atoms with Crippen LogP contribution < -0.4 is 5.73 Å². The van der Waals surface area contributed by atoms with Crippen molar-refractivity contribution in [3.8, 4) is 0 Å². The van der Waals surface area contributed by atoms with Gasteiger partial charge >= 0.3 is 5.97 Å². The summed E-state index contributed by atoms with van der Waals surface area (Å²) in [6.45, 7) is 5.55. The molecule has 0 aliphatic heterocycles. The average molecular weight is 235 g/mol. The maximum atomic E-state index is 11.9. The maximum Gasteiger partial charge on any atom is 0.308 e. The molecule has 2 bridgehead atoms. The van der Waals surface area contributed by atoms with Crippen molar-refractivity contribution in [3.05, 3.63) is 24.8 Å². The Hall–Kier alpha value is -1.58. The topological polar surface area (TPSA) is 80.4 Å². The van der Waals surface area contributed by atoms with Crippen LogP contribution in [0, 0.1) is 22.7 Å². The van der Waals surface area contributed by atoms with E-state index in [1.165, 1.54) is 0 Å². The van der Waals surface area contributed by atoms with Crippen LogP contribution in [0.5, 0.6) is 0 Å². The van der Waals surface area contributed by atoms with Gasteiger partial charge in [0.2, 0.25) is 5.91 Å². The highest BCUT2D eigenvalue weighted by Gasteiger charge is 2.67. The van der Waals surface area contributed by atoms with Crippen molar-refractivity contribution in [1.29, 1.82) is 0 Å². The second-order valence-electron chi connectivity index (χ2n) is 5.29. The third-order valence-electron chi connectivity index (χ3n) is 4.52. The van der Waals surface area contributed by atoms with Crippen molar-refractivity contribution in [2.45, 2.75) is 19.8 Å². The Balaban J connectivity index is 2.60. The Morgan fingerprint density at radius 3 is 2.76 bits per heavy atom. The van der Waals surface area contributed by atoms with Gasteiger partial charge in [-0.05, 0) is 18.8 Å². The summed E-state index contributed by atoms with van der Waals surface area (Å²) in [5.74, 6) is -2.29. The van der Waals surface area contributed by atoms with Gasteiger partial charge in [-0.25, -0.2) is 0 Å². The van der Waals surface area contributed by atoms with Gasteiger partial charge in [0, 0.05) is 5.41 Å². The summed E-state index contributed by atoms with van der Waals surface area (Å²) < 4.78 is 0. The largest absolute Gasteiger partial charge is 0.481 e. The summed E-state index contributed by atoms with van der Waals surface area (Å²) in [4.78, 5) is 23.4. The van der Waals surface area contributed by atoms with Gasteiger partial charge in [0.05, 0.1) is 11.3 Å². The third-order valence-corrected chi connectivity index (χ3v) is 4.52. The van der Waals surface area contributed by atoms with E-state index in [1.54, 1.807) is 6.08 Å². The molecule has 2 aliphatic rings. The Morgan fingerprint density at radius 1 is 1.65 bits per heavy atom. The van der Waals surface area contributed by atoms with Gasteiger partial charge < -0.3 is 10.8 Å². The van der Waals surface area contributed by atoms with Gasteiger partial charge in [0.15, 0.2) is 0 Å². The predicted octanol–water partition coefficient (Wildman–Crippen LogP) is 1.33. The van der Waals surface area contributed by atoms with Gasteiger partial charge in [-0.15, -0.1) is 6.58 Å². The zero-order valence-electron chi connectivity index (χ0n) is 9.85. The molecule has 0 heterocycles. The van der Waals surface area contributed by atoms with E-state index < -0.39 is 28.6 Å². The minimum atomic E-state index is -1.03. The lowest BCUT2D eigenvalue weighted by Gasteiger charge is -2.42. The molecule has 2 rings (SSSR count). The number of primary amides is 1. The minimum absolute atomic E-state index is 0.0926. The van der Waals surface area contributed by atoms with Gasteiger partial charge in [-0.2, -0.15) is 0 Å². The fourth-order valence-electron chi connectivity index (χ4n) is 3.76. The number of hydrogen-bond donors (Lipinski definition) is 2. The molecule has 4 nitrogen and oxygen atoms in total. The SMILES string of the molecule is C=CCC1(C(N)=O)C(C(=O)O)C2C=CC1(C)C2. The molecule has 0 spiro atoms. The van der Waals surface area contributed by atoms with Gasteiger partial charge in [-0.1, -0.05) is 25.2 Å². The van der Waals surface area contributed by atoms with Crippen LogP contribution in [-0.2, 0) is 9.59 Å². The smallest absolute Gasteiger partial charge is 0.308 e. The summed E-state index contributed by atoms with van der Waals surface area (Å²) in [5.41, 5.74) is 4.05.